The van der Waals surface area contributed by atoms with Gasteiger partial charge >= 0.3 is 6.01 Å². The number of nitrogens with one attached hydrogen (secondary N) is 1. The van der Waals surface area contributed by atoms with Crippen LogP contribution in [0.3, 0.4) is 0 Å². The van der Waals surface area contributed by atoms with Crippen molar-refractivity contribution in [1.82, 2.24) is 10.2 Å². The Balaban J connectivity index is 2.13. The van der Waals surface area contributed by atoms with Crippen LogP contribution < -0.4 is 11.1 Å². The van der Waals surface area contributed by atoms with Gasteiger partial charge < -0.3 is 15.5 Å². The fraction of sp³-hybridized carbons (Fsp3) is 0.200. The lowest BCUT2D eigenvalue weighted by Gasteiger charge is -2.03. The molecule has 0 radical (unpaired) electrons. The summed E-state index contributed by atoms with van der Waals surface area (Å²) in [5.74, 6) is 0.0307. The Morgan fingerprint density at radius 1 is 1.41 bits per heavy atom. The van der Waals surface area contributed by atoms with E-state index in [9.17, 15) is 4.39 Å². The van der Waals surface area contributed by atoms with Crippen molar-refractivity contribution in [2.24, 2.45) is 5.73 Å². The fourth-order valence-corrected chi connectivity index (χ4v) is 1.45. The van der Waals surface area contributed by atoms with Gasteiger partial charge in [0.05, 0.1) is 10.7 Å². The molecule has 0 aliphatic rings. The average Bonchev–Trinajstić information content (AvgIpc) is 2.71. The van der Waals surface area contributed by atoms with E-state index < -0.39 is 5.82 Å². The minimum Gasteiger partial charge on any atom is -0.408 e. The molecule has 1 aromatic heterocycles. The number of nitrogens with two attached hydrogens (primary N) is 1. The quantitative estimate of drug-likeness (QED) is 0.876. The molecule has 0 aliphatic carbocycles. The molecule has 3 N–H and O–H groups in total. The molecule has 0 unspecified atom stereocenters. The van der Waals surface area contributed by atoms with Gasteiger partial charge in [0, 0.05) is 13.0 Å². The maximum atomic E-state index is 12.8. The summed E-state index contributed by atoms with van der Waals surface area (Å²) >= 11 is 5.84. The first-order valence-electron chi connectivity index (χ1n) is 4.93. The van der Waals surface area contributed by atoms with Gasteiger partial charge in [-0.25, -0.2) is 4.39 Å². The Labute approximate surface area is 102 Å². The molecule has 0 bridgehead atoms. The molecule has 2 aromatic rings. The standard InChI is InChI=1S/C10H10ClFN4O/c11-7-5-6(12)1-2-8(7)14-10-16-15-9(17-10)3-4-13/h1-2,5H,3-4,13H2,(H,14,16). The zero-order valence-corrected chi connectivity index (χ0v) is 9.54. The normalized spacial score (nSPS) is 10.5. The van der Waals surface area contributed by atoms with E-state index in [1.54, 1.807) is 0 Å². The molecule has 0 saturated heterocycles. The number of halogens is 2. The van der Waals surface area contributed by atoms with Crippen molar-refractivity contribution in [1.29, 1.82) is 0 Å². The fourth-order valence-electron chi connectivity index (χ4n) is 1.23. The second kappa shape index (κ2) is 5.11. The van der Waals surface area contributed by atoms with Gasteiger partial charge in [0.15, 0.2) is 0 Å². The van der Waals surface area contributed by atoms with Gasteiger partial charge in [0.1, 0.15) is 5.82 Å². The molecule has 1 heterocycles. The van der Waals surface area contributed by atoms with Crippen LogP contribution in [0.4, 0.5) is 16.1 Å². The van der Waals surface area contributed by atoms with Crippen LogP contribution in [0.25, 0.3) is 0 Å². The zero-order valence-electron chi connectivity index (χ0n) is 8.78. The van der Waals surface area contributed by atoms with Crippen molar-refractivity contribution in [2.75, 3.05) is 11.9 Å². The van der Waals surface area contributed by atoms with Crippen molar-refractivity contribution in [3.63, 3.8) is 0 Å². The van der Waals surface area contributed by atoms with E-state index in [0.717, 1.165) is 0 Å². The van der Waals surface area contributed by atoms with Crippen molar-refractivity contribution >= 4 is 23.3 Å². The Bertz CT molecular complexity index is 517. The third kappa shape index (κ3) is 2.92. The monoisotopic (exact) mass is 256 g/mol. The summed E-state index contributed by atoms with van der Waals surface area (Å²) in [7, 11) is 0. The van der Waals surface area contributed by atoms with Gasteiger partial charge in [0.2, 0.25) is 5.89 Å². The van der Waals surface area contributed by atoms with E-state index in [1.165, 1.54) is 18.2 Å². The molecule has 17 heavy (non-hydrogen) atoms. The predicted molar refractivity (Wildman–Crippen MR) is 61.7 cm³/mol. The summed E-state index contributed by atoms with van der Waals surface area (Å²) in [6.07, 6.45) is 0.506. The SMILES string of the molecule is NCCc1nnc(Nc2ccc(F)cc2Cl)o1. The van der Waals surface area contributed by atoms with Gasteiger partial charge in [-0.2, -0.15) is 0 Å². The molecular weight excluding hydrogens is 247 g/mol. The maximum Gasteiger partial charge on any atom is 0.320 e. The van der Waals surface area contributed by atoms with Gasteiger partial charge in [-0.1, -0.05) is 16.7 Å². The van der Waals surface area contributed by atoms with Crippen molar-refractivity contribution in [3.05, 3.63) is 34.9 Å². The molecule has 1 aromatic carbocycles. The second-order valence-electron chi connectivity index (χ2n) is 3.29. The van der Waals surface area contributed by atoms with Crippen LogP contribution in [-0.4, -0.2) is 16.7 Å². The van der Waals surface area contributed by atoms with Crippen LogP contribution in [-0.2, 0) is 6.42 Å². The minimum atomic E-state index is -0.408. The van der Waals surface area contributed by atoms with E-state index in [2.05, 4.69) is 15.5 Å². The van der Waals surface area contributed by atoms with Crippen LogP contribution in [0, 0.1) is 5.82 Å². The molecular formula is C10H10ClFN4O. The Hall–Kier alpha value is -1.66. The first-order chi connectivity index (χ1) is 8.19. The first-order valence-corrected chi connectivity index (χ1v) is 5.31. The van der Waals surface area contributed by atoms with Gasteiger partial charge in [-0.3, -0.25) is 0 Å². The third-order valence-corrected chi connectivity index (χ3v) is 2.31. The van der Waals surface area contributed by atoms with E-state index >= 15 is 0 Å². The lowest BCUT2D eigenvalue weighted by Crippen LogP contribution is -2.02. The Morgan fingerprint density at radius 3 is 2.94 bits per heavy atom. The third-order valence-electron chi connectivity index (χ3n) is 2.00. The van der Waals surface area contributed by atoms with Crippen molar-refractivity contribution < 1.29 is 8.81 Å². The van der Waals surface area contributed by atoms with Gasteiger partial charge in [-0.05, 0) is 18.2 Å². The summed E-state index contributed by atoms with van der Waals surface area (Å²) in [4.78, 5) is 0. The first kappa shape index (κ1) is 11.8. The molecule has 0 spiro atoms. The average molecular weight is 257 g/mol. The highest BCUT2D eigenvalue weighted by atomic mass is 35.5. The Morgan fingerprint density at radius 2 is 2.24 bits per heavy atom. The van der Waals surface area contributed by atoms with Crippen molar-refractivity contribution in [3.8, 4) is 0 Å². The highest BCUT2D eigenvalue weighted by molar-refractivity contribution is 6.33. The van der Waals surface area contributed by atoms with E-state index in [4.69, 9.17) is 21.8 Å². The highest BCUT2D eigenvalue weighted by Crippen LogP contribution is 2.25. The molecule has 0 fully saturated rings. The summed E-state index contributed by atoms with van der Waals surface area (Å²) in [6.45, 7) is 0.430. The molecule has 2 rings (SSSR count). The number of hydrogen-bond acceptors (Lipinski definition) is 5. The largest absolute Gasteiger partial charge is 0.408 e. The Kier molecular flexibility index (Phi) is 3.55. The van der Waals surface area contributed by atoms with Crippen LogP contribution in [0.1, 0.15) is 5.89 Å². The number of anilines is 2. The van der Waals surface area contributed by atoms with E-state index in [-0.39, 0.29) is 11.0 Å². The van der Waals surface area contributed by atoms with E-state index in [1.807, 2.05) is 0 Å². The summed E-state index contributed by atoms with van der Waals surface area (Å²) in [6, 6.07) is 4.17. The summed E-state index contributed by atoms with van der Waals surface area (Å²) in [5.41, 5.74) is 5.85. The van der Waals surface area contributed by atoms with Gasteiger partial charge in [0.25, 0.3) is 0 Å². The maximum absolute atomic E-state index is 12.8. The molecule has 0 atom stereocenters. The predicted octanol–water partition coefficient (Wildman–Crippen LogP) is 2.11. The lowest BCUT2D eigenvalue weighted by molar-refractivity contribution is 0.510. The number of rotatable bonds is 4. The summed E-state index contributed by atoms with van der Waals surface area (Å²) in [5, 5.41) is 10.6. The van der Waals surface area contributed by atoms with Gasteiger partial charge in [-0.15, -0.1) is 5.10 Å². The lowest BCUT2D eigenvalue weighted by atomic mass is 10.3. The number of benzene rings is 1. The van der Waals surface area contributed by atoms with Crippen LogP contribution in [0.5, 0.6) is 0 Å². The van der Waals surface area contributed by atoms with E-state index in [0.29, 0.717) is 24.5 Å². The summed E-state index contributed by atoms with van der Waals surface area (Å²) < 4.78 is 18.1. The zero-order chi connectivity index (χ0) is 12.3. The molecule has 0 amide bonds. The van der Waals surface area contributed by atoms with Crippen molar-refractivity contribution in [2.45, 2.75) is 6.42 Å². The minimum absolute atomic E-state index is 0.196. The molecule has 0 aliphatic heterocycles. The molecule has 7 heteroatoms. The molecule has 0 saturated carbocycles. The smallest absolute Gasteiger partial charge is 0.320 e. The van der Waals surface area contributed by atoms with Crippen LogP contribution >= 0.6 is 11.6 Å². The number of nitrogens with zero attached hydrogens (tertiary/aromatic N) is 2. The highest BCUT2D eigenvalue weighted by Gasteiger charge is 2.08. The second-order valence-corrected chi connectivity index (χ2v) is 3.70. The molecule has 5 nitrogen and oxygen atoms in total. The number of hydrogen-bond donors (Lipinski definition) is 2. The van der Waals surface area contributed by atoms with Crippen LogP contribution in [0.15, 0.2) is 22.6 Å². The molecule has 90 valence electrons. The van der Waals surface area contributed by atoms with Crippen LogP contribution in [0.2, 0.25) is 5.02 Å². The number of aromatic nitrogens is 2. The topological polar surface area (TPSA) is 77.0 Å².